The van der Waals surface area contributed by atoms with E-state index in [0.717, 1.165) is 15.7 Å². The maximum Gasteiger partial charge on any atom is 0.102 e. The average Bonchev–Trinajstić information content (AvgIpc) is 2.18. The lowest BCUT2D eigenvalue weighted by atomic mass is 10.0. The van der Waals surface area contributed by atoms with E-state index in [-0.39, 0.29) is 0 Å². The summed E-state index contributed by atoms with van der Waals surface area (Å²) in [6, 6.07) is 9.74. The van der Waals surface area contributed by atoms with Crippen molar-refractivity contribution in [2.75, 3.05) is 5.75 Å². The van der Waals surface area contributed by atoms with Crippen molar-refractivity contribution in [3.05, 3.63) is 29.3 Å². The lowest BCUT2D eigenvalue weighted by Gasteiger charge is -2.14. The number of nitrogens with two attached hydrogens (primary N) is 1. The van der Waals surface area contributed by atoms with Crippen LogP contribution in [0.3, 0.4) is 0 Å². The maximum absolute atomic E-state index is 8.73. The first-order valence-electron chi connectivity index (χ1n) is 4.62. The van der Waals surface area contributed by atoms with E-state index in [9.17, 15) is 0 Å². The molecule has 0 fully saturated rings. The molecular weight excluding hydrogens is 228 g/mol. The highest BCUT2D eigenvalue weighted by molar-refractivity contribution is 7.99. The predicted molar refractivity (Wildman–Crippen MR) is 65.0 cm³/mol. The third-order valence-corrected chi connectivity index (χ3v) is 3.17. The van der Waals surface area contributed by atoms with Crippen molar-refractivity contribution in [2.45, 2.75) is 23.8 Å². The van der Waals surface area contributed by atoms with Gasteiger partial charge in [0.2, 0.25) is 0 Å². The fraction of sp³-hybridized carbons (Fsp3) is 0.364. The van der Waals surface area contributed by atoms with Crippen LogP contribution in [0, 0.1) is 11.3 Å². The molecule has 0 saturated heterocycles. The molecule has 2 nitrogen and oxygen atoms in total. The Kier molecular flexibility index (Phi) is 4.46. The van der Waals surface area contributed by atoms with Crippen molar-refractivity contribution in [3.8, 4) is 6.07 Å². The Labute approximate surface area is 99.4 Å². The zero-order chi connectivity index (χ0) is 11.3. The minimum absolute atomic E-state index is 0.667. The van der Waals surface area contributed by atoms with Gasteiger partial charge in [0.25, 0.3) is 0 Å². The molecule has 0 heterocycles. The number of hydrogen-bond donors (Lipinski definition) is 1. The van der Waals surface area contributed by atoms with Crippen LogP contribution in [0.1, 0.15) is 13.3 Å². The lowest BCUT2D eigenvalue weighted by molar-refractivity contribution is 0.583. The first-order valence-corrected chi connectivity index (χ1v) is 5.98. The van der Waals surface area contributed by atoms with Crippen molar-refractivity contribution < 1.29 is 0 Å². The molecule has 0 aliphatic carbocycles. The standard InChI is InChI=1S/C11H13ClN2S/c1-11(14,8-13)5-6-15-10-4-2-3-9(12)7-10/h2-4,7H,5-6,14H2,1H3. The van der Waals surface area contributed by atoms with Gasteiger partial charge in [-0.2, -0.15) is 5.26 Å². The summed E-state index contributed by atoms with van der Waals surface area (Å²) in [4.78, 5) is 1.11. The summed E-state index contributed by atoms with van der Waals surface area (Å²) >= 11 is 7.51. The molecule has 0 aliphatic heterocycles. The monoisotopic (exact) mass is 240 g/mol. The Balaban J connectivity index is 2.42. The Morgan fingerprint density at radius 2 is 2.33 bits per heavy atom. The van der Waals surface area contributed by atoms with Crippen molar-refractivity contribution in [3.63, 3.8) is 0 Å². The van der Waals surface area contributed by atoms with Crippen LogP contribution in [-0.4, -0.2) is 11.3 Å². The molecule has 1 atom stereocenters. The first-order chi connectivity index (χ1) is 7.03. The molecule has 1 aromatic rings. The number of nitrogens with zero attached hydrogens (tertiary/aromatic N) is 1. The maximum atomic E-state index is 8.73. The van der Waals surface area contributed by atoms with Crippen LogP contribution in [0.25, 0.3) is 0 Å². The van der Waals surface area contributed by atoms with Crippen molar-refractivity contribution >= 4 is 23.4 Å². The molecular formula is C11H13ClN2S. The van der Waals surface area contributed by atoms with Crippen LogP contribution < -0.4 is 5.73 Å². The third kappa shape index (κ3) is 4.57. The highest BCUT2D eigenvalue weighted by atomic mass is 35.5. The van der Waals surface area contributed by atoms with Crippen molar-refractivity contribution in [1.29, 1.82) is 5.26 Å². The Bertz CT molecular complexity index is 371. The Morgan fingerprint density at radius 3 is 2.93 bits per heavy atom. The minimum Gasteiger partial charge on any atom is -0.314 e. The molecule has 0 aromatic heterocycles. The second-order valence-electron chi connectivity index (χ2n) is 3.59. The molecule has 0 bridgehead atoms. The van der Waals surface area contributed by atoms with Crippen LogP contribution in [0.2, 0.25) is 5.02 Å². The molecule has 4 heteroatoms. The smallest absolute Gasteiger partial charge is 0.102 e. The van der Waals surface area contributed by atoms with E-state index < -0.39 is 5.54 Å². The molecule has 0 saturated carbocycles. The summed E-state index contributed by atoms with van der Waals surface area (Å²) < 4.78 is 0. The number of halogens is 1. The summed E-state index contributed by atoms with van der Waals surface area (Å²) in [7, 11) is 0. The van der Waals surface area contributed by atoms with E-state index >= 15 is 0 Å². The highest BCUT2D eigenvalue weighted by Crippen LogP contribution is 2.23. The topological polar surface area (TPSA) is 49.8 Å². The molecule has 1 rings (SSSR count). The molecule has 0 aliphatic rings. The van der Waals surface area contributed by atoms with E-state index in [1.54, 1.807) is 18.7 Å². The molecule has 80 valence electrons. The van der Waals surface area contributed by atoms with Crippen LogP contribution in [0.15, 0.2) is 29.2 Å². The Hall–Kier alpha value is -0.690. The van der Waals surface area contributed by atoms with Crippen LogP contribution in [-0.2, 0) is 0 Å². The largest absolute Gasteiger partial charge is 0.314 e. The summed E-state index contributed by atoms with van der Waals surface area (Å²) in [5, 5.41) is 9.46. The van der Waals surface area contributed by atoms with E-state index in [1.807, 2.05) is 24.3 Å². The van der Waals surface area contributed by atoms with Crippen LogP contribution in [0.5, 0.6) is 0 Å². The van der Waals surface area contributed by atoms with Gasteiger partial charge in [-0.3, -0.25) is 0 Å². The van der Waals surface area contributed by atoms with Gasteiger partial charge in [0.1, 0.15) is 5.54 Å². The third-order valence-electron chi connectivity index (χ3n) is 1.94. The quantitative estimate of drug-likeness (QED) is 0.823. The summed E-state index contributed by atoms with van der Waals surface area (Å²) in [5.41, 5.74) is 4.98. The highest BCUT2D eigenvalue weighted by Gasteiger charge is 2.16. The van der Waals surface area contributed by atoms with Gasteiger partial charge >= 0.3 is 0 Å². The number of benzene rings is 1. The molecule has 1 aromatic carbocycles. The molecule has 0 amide bonds. The molecule has 15 heavy (non-hydrogen) atoms. The molecule has 0 spiro atoms. The summed E-state index contributed by atoms with van der Waals surface area (Å²) in [6.07, 6.45) is 0.667. The van der Waals surface area contributed by atoms with Crippen molar-refractivity contribution in [1.82, 2.24) is 0 Å². The van der Waals surface area contributed by atoms with Crippen molar-refractivity contribution in [2.24, 2.45) is 5.73 Å². The fourth-order valence-corrected chi connectivity index (χ4v) is 2.40. The second kappa shape index (κ2) is 5.41. The van der Waals surface area contributed by atoms with E-state index in [4.69, 9.17) is 22.6 Å². The normalized spacial score (nSPS) is 14.3. The van der Waals surface area contributed by atoms with Gasteiger partial charge in [-0.1, -0.05) is 17.7 Å². The van der Waals surface area contributed by atoms with Gasteiger partial charge in [-0.05, 0) is 31.5 Å². The van der Waals surface area contributed by atoms with Gasteiger partial charge in [-0.25, -0.2) is 0 Å². The molecule has 0 radical (unpaired) electrons. The van der Waals surface area contributed by atoms with Gasteiger partial charge in [0, 0.05) is 15.7 Å². The lowest BCUT2D eigenvalue weighted by Crippen LogP contribution is -2.34. The minimum atomic E-state index is -0.731. The predicted octanol–water partition coefficient (Wildman–Crippen LogP) is 3.06. The zero-order valence-corrected chi connectivity index (χ0v) is 10.1. The zero-order valence-electron chi connectivity index (χ0n) is 8.53. The van der Waals surface area contributed by atoms with Crippen LogP contribution in [0.4, 0.5) is 0 Å². The van der Waals surface area contributed by atoms with Gasteiger partial charge in [0.05, 0.1) is 6.07 Å². The van der Waals surface area contributed by atoms with E-state index in [1.165, 1.54) is 0 Å². The van der Waals surface area contributed by atoms with Crippen LogP contribution >= 0.6 is 23.4 Å². The second-order valence-corrected chi connectivity index (χ2v) is 5.19. The summed E-state index contributed by atoms with van der Waals surface area (Å²) in [5.74, 6) is 0.820. The van der Waals surface area contributed by atoms with Gasteiger partial charge < -0.3 is 5.73 Å². The Morgan fingerprint density at radius 1 is 1.60 bits per heavy atom. The average molecular weight is 241 g/mol. The SMILES string of the molecule is CC(N)(C#N)CCSc1cccc(Cl)c1. The number of rotatable bonds is 4. The molecule has 1 unspecified atom stereocenters. The van der Waals surface area contributed by atoms with E-state index in [2.05, 4.69) is 6.07 Å². The number of nitriles is 1. The summed E-state index contributed by atoms with van der Waals surface area (Å²) in [6.45, 7) is 1.74. The first kappa shape index (κ1) is 12.4. The van der Waals surface area contributed by atoms with Gasteiger partial charge in [0.15, 0.2) is 0 Å². The number of hydrogen-bond acceptors (Lipinski definition) is 3. The molecule has 2 N–H and O–H groups in total. The van der Waals surface area contributed by atoms with E-state index in [0.29, 0.717) is 6.42 Å². The van der Waals surface area contributed by atoms with Gasteiger partial charge in [-0.15, -0.1) is 11.8 Å². The fourth-order valence-electron chi connectivity index (χ4n) is 0.994. The number of thioether (sulfide) groups is 1.